The number of nitrogens with two attached hydrogens (primary N) is 2. The number of nitrogen functional groups attached to an aromatic ring is 2. The van der Waals surface area contributed by atoms with E-state index in [1.165, 1.54) is 17.4 Å². The number of hydrogen-bond acceptors (Lipinski definition) is 5. The lowest BCUT2D eigenvalue weighted by molar-refractivity contribution is 0.638. The van der Waals surface area contributed by atoms with Gasteiger partial charge in [-0.3, -0.25) is 0 Å². The quantitative estimate of drug-likeness (QED) is 0.715. The van der Waals surface area contributed by atoms with Gasteiger partial charge in [0.2, 0.25) is 0 Å². The van der Waals surface area contributed by atoms with E-state index >= 15 is 0 Å². The number of fused-ring (bicyclic) bond motifs is 1. The second-order valence-corrected chi connectivity index (χ2v) is 5.34. The average molecular weight is 274 g/mol. The van der Waals surface area contributed by atoms with E-state index in [0.717, 1.165) is 21.4 Å². The molecule has 6 heteroatoms. The summed E-state index contributed by atoms with van der Waals surface area (Å²) in [7, 11) is 0. The molecule has 4 N–H and O–H groups in total. The molecule has 0 radical (unpaired) electrons. The second-order valence-electron chi connectivity index (χ2n) is 4.28. The predicted molar refractivity (Wildman–Crippen MR) is 76.4 cm³/mol. The van der Waals surface area contributed by atoms with Crippen molar-refractivity contribution < 1.29 is 4.39 Å². The van der Waals surface area contributed by atoms with E-state index in [2.05, 4.69) is 9.97 Å². The van der Waals surface area contributed by atoms with E-state index in [1.807, 2.05) is 13.0 Å². The largest absolute Gasteiger partial charge is 0.384 e. The lowest BCUT2D eigenvalue weighted by atomic mass is 10.0. The molecule has 0 saturated heterocycles. The van der Waals surface area contributed by atoms with Crippen LogP contribution in [0.4, 0.5) is 15.3 Å². The average Bonchev–Trinajstić information content (AvgIpc) is 2.70. The van der Waals surface area contributed by atoms with Crippen LogP contribution in [0.1, 0.15) is 5.56 Å². The summed E-state index contributed by atoms with van der Waals surface area (Å²) in [5, 5.41) is 0.359. The van der Waals surface area contributed by atoms with Crippen LogP contribution in [-0.2, 0) is 0 Å². The van der Waals surface area contributed by atoms with Crippen LogP contribution in [0.25, 0.3) is 21.3 Å². The van der Waals surface area contributed by atoms with E-state index in [0.29, 0.717) is 16.5 Å². The molecule has 0 bridgehead atoms. The van der Waals surface area contributed by atoms with Gasteiger partial charge in [-0.05, 0) is 36.2 Å². The van der Waals surface area contributed by atoms with Crippen molar-refractivity contribution in [1.29, 1.82) is 0 Å². The molecule has 2 aromatic heterocycles. The van der Waals surface area contributed by atoms with Gasteiger partial charge < -0.3 is 11.5 Å². The standard InChI is InChI=1S/C13H11FN4S/c1-6-2-11(15)17-5-8(6)7-3-9(14)12-10(4-7)19-13(16)18-12/h2-5H,1H3,(H2,15,17)(H2,16,18). The molecule has 96 valence electrons. The van der Waals surface area contributed by atoms with Crippen molar-refractivity contribution in [2.24, 2.45) is 0 Å². The Hall–Kier alpha value is -2.21. The highest BCUT2D eigenvalue weighted by Crippen LogP contribution is 2.32. The summed E-state index contributed by atoms with van der Waals surface area (Å²) in [5.74, 6) is 0.0708. The Morgan fingerprint density at radius 2 is 2.00 bits per heavy atom. The second kappa shape index (κ2) is 4.17. The maximum absolute atomic E-state index is 14.0. The van der Waals surface area contributed by atoms with Gasteiger partial charge in [0.25, 0.3) is 0 Å². The van der Waals surface area contributed by atoms with Crippen LogP contribution < -0.4 is 11.5 Å². The molecule has 0 aliphatic heterocycles. The van der Waals surface area contributed by atoms with E-state index in [1.54, 1.807) is 12.3 Å². The molecule has 0 amide bonds. The Balaban J connectivity index is 2.25. The number of pyridine rings is 1. The van der Waals surface area contributed by atoms with Gasteiger partial charge in [-0.2, -0.15) is 0 Å². The fraction of sp³-hybridized carbons (Fsp3) is 0.0769. The molecule has 0 fully saturated rings. The molecular formula is C13H11FN4S. The molecule has 0 atom stereocenters. The topological polar surface area (TPSA) is 77.8 Å². The molecule has 0 aliphatic carbocycles. The number of halogens is 1. The summed E-state index contributed by atoms with van der Waals surface area (Å²) < 4.78 is 14.7. The molecule has 1 aromatic carbocycles. The summed E-state index contributed by atoms with van der Waals surface area (Å²) >= 11 is 1.27. The van der Waals surface area contributed by atoms with Gasteiger partial charge in [-0.25, -0.2) is 14.4 Å². The number of aryl methyl sites for hydroxylation is 1. The van der Waals surface area contributed by atoms with Gasteiger partial charge in [-0.15, -0.1) is 0 Å². The number of aromatic nitrogens is 2. The highest BCUT2D eigenvalue weighted by Gasteiger charge is 2.11. The summed E-state index contributed by atoms with van der Waals surface area (Å²) in [6, 6.07) is 5.08. The first-order chi connectivity index (χ1) is 9.04. The molecular weight excluding hydrogens is 263 g/mol. The Morgan fingerprint density at radius 3 is 2.74 bits per heavy atom. The van der Waals surface area contributed by atoms with E-state index in [4.69, 9.17) is 11.5 Å². The van der Waals surface area contributed by atoms with Crippen molar-refractivity contribution in [3.05, 3.63) is 35.8 Å². The molecule has 0 aliphatic rings. The molecule has 0 unspecified atom stereocenters. The van der Waals surface area contributed by atoms with Gasteiger partial charge in [0, 0.05) is 11.8 Å². The monoisotopic (exact) mass is 274 g/mol. The minimum Gasteiger partial charge on any atom is -0.384 e. The van der Waals surface area contributed by atoms with Crippen LogP contribution in [0, 0.1) is 12.7 Å². The Bertz CT molecular complexity index is 782. The van der Waals surface area contributed by atoms with E-state index in [-0.39, 0.29) is 5.82 Å². The maximum Gasteiger partial charge on any atom is 0.181 e. The van der Waals surface area contributed by atoms with Gasteiger partial charge in [0.1, 0.15) is 11.3 Å². The summed E-state index contributed by atoms with van der Waals surface area (Å²) in [6.07, 6.45) is 1.65. The summed E-state index contributed by atoms with van der Waals surface area (Å²) in [4.78, 5) is 8.02. The number of hydrogen-bond donors (Lipinski definition) is 2. The summed E-state index contributed by atoms with van der Waals surface area (Å²) in [5.41, 5.74) is 14.1. The minimum absolute atomic E-state index is 0.312. The van der Waals surface area contributed by atoms with E-state index < -0.39 is 0 Å². The molecule has 3 rings (SSSR count). The lowest BCUT2D eigenvalue weighted by Gasteiger charge is -2.06. The zero-order valence-electron chi connectivity index (χ0n) is 10.1. The molecule has 19 heavy (non-hydrogen) atoms. The van der Waals surface area contributed by atoms with Crippen molar-refractivity contribution in [2.45, 2.75) is 6.92 Å². The van der Waals surface area contributed by atoms with Crippen molar-refractivity contribution >= 4 is 32.5 Å². The maximum atomic E-state index is 14.0. The summed E-state index contributed by atoms with van der Waals surface area (Å²) in [6.45, 7) is 1.91. The third-order valence-electron chi connectivity index (χ3n) is 2.91. The highest BCUT2D eigenvalue weighted by atomic mass is 32.1. The third kappa shape index (κ3) is 2.00. The zero-order valence-corrected chi connectivity index (χ0v) is 11.0. The van der Waals surface area contributed by atoms with Gasteiger partial charge in [0.15, 0.2) is 10.9 Å². The molecule has 4 nitrogen and oxygen atoms in total. The van der Waals surface area contributed by atoms with Crippen LogP contribution in [-0.4, -0.2) is 9.97 Å². The van der Waals surface area contributed by atoms with Crippen LogP contribution in [0.3, 0.4) is 0 Å². The fourth-order valence-electron chi connectivity index (χ4n) is 2.04. The van der Waals surface area contributed by atoms with Crippen molar-refractivity contribution in [2.75, 3.05) is 11.5 Å². The first-order valence-corrected chi connectivity index (χ1v) is 6.44. The highest BCUT2D eigenvalue weighted by molar-refractivity contribution is 7.22. The predicted octanol–water partition coefficient (Wildman–Crippen LogP) is 2.97. The Labute approximate surface area is 112 Å². The van der Waals surface area contributed by atoms with E-state index in [9.17, 15) is 4.39 Å². The zero-order chi connectivity index (χ0) is 13.6. The van der Waals surface area contributed by atoms with Crippen LogP contribution >= 0.6 is 11.3 Å². The first-order valence-electron chi connectivity index (χ1n) is 5.62. The van der Waals surface area contributed by atoms with Crippen LogP contribution in [0.5, 0.6) is 0 Å². The van der Waals surface area contributed by atoms with Crippen molar-refractivity contribution in [3.63, 3.8) is 0 Å². The number of nitrogens with zero attached hydrogens (tertiary/aromatic N) is 2. The van der Waals surface area contributed by atoms with Gasteiger partial charge in [0.05, 0.1) is 4.70 Å². The third-order valence-corrected chi connectivity index (χ3v) is 3.74. The lowest BCUT2D eigenvalue weighted by Crippen LogP contribution is -1.93. The number of benzene rings is 1. The fourth-order valence-corrected chi connectivity index (χ4v) is 2.83. The molecule has 0 spiro atoms. The Kier molecular flexibility index (Phi) is 2.60. The van der Waals surface area contributed by atoms with Crippen LogP contribution in [0.15, 0.2) is 24.4 Å². The number of thiazole rings is 1. The van der Waals surface area contributed by atoms with Gasteiger partial charge >= 0.3 is 0 Å². The van der Waals surface area contributed by atoms with Gasteiger partial charge in [-0.1, -0.05) is 11.3 Å². The SMILES string of the molecule is Cc1cc(N)ncc1-c1cc(F)c2nc(N)sc2c1. The van der Waals surface area contributed by atoms with Crippen LogP contribution in [0.2, 0.25) is 0 Å². The smallest absolute Gasteiger partial charge is 0.181 e. The first kappa shape index (κ1) is 11.9. The Morgan fingerprint density at radius 1 is 1.21 bits per heavy atom. The molecule has 0 saturated carbocycles. The number of rotatable bonds is 1. The number of anilines is 2. The normalized spacial score (nSPS) is 11.1. The molecule has 2 heterocycles. The van der Waals surface area contributed by atoms with Crippen molar-refractivity contribution in [3.8, 4) is 11.1 Å². The minimum atomic E-state index is -0.378. The van der Waals surface area contributed by atoms with Crippen molar-refractivity contribution in [1.82, 2.24) is 9.97 Å². The molecule has 3 aromatic rings.